The van der Waals surface area contributed by atoms with Crippen molar-refractivity contribution >= 4 is 29.6 Å². The van der Waals surface area contributed by atoms with Crippen LogP contribution in [0.1, 0.15) is 24.0 Å². The van der Waals surface area contributed by atoms with Crippen LogP contribution in [-0.2, 0) is 0 Å². The summed E-state index contributed by atoms with van der Waals surface area (Å²) in [5.74, 6) is 0.477. The molecule has 1 rings (SSSR count). The molecule has 0 N–H and O–H groups in total. The van der Waals surface area contributed by atoms with Crippen LogP contribution in [0.5, 0.6) is 0 Å². The highest BCUT2D eigenvalue weighted by Gasteiger charge is 2.13. The maximum absolute atomic E-state index is 5.84. The Bertz CT molecular complexity index is 273. The number of hydrogen-bond donors (Lipinski definition) is 0. The summed E-state index contributed by atoms with van der Waals surface area (Å²) in [6.07, 6.45) is 0. The smallest absolute Gasteiger partial charge is 0.147 e. The number of hydrogen-bond acceptors (Lipinski definition) is 0. The zero-order chi connectivity index (χ0) is 9.84. The van der Waals surface area contributed by atoms with Crippen LogP contribution in [0.3, 0.4) is 0 Å². The average molecular weight is 232 g/mol. The van der Waals surface area contributed by atoms with E-state index in [0.717, 1.165) is 6.04 Å². The van der Waals surface area contributed by atoms with E-state index in [-0.39, 0.29) is 0 Å². The van der Waals surface area contributed by atoms with Gasteiger partial charge < -0.3 is 0 Å². The summed E-state index contributed by atoms with van der Waals surface area (Å²) in [6.45, 7) is 4.30. The van der Waals surface area contributed by atoms with Crippen LogP contribution in [0.25, 0.3) is 0 Å². The number of benzene rings is 1. The molecule has 0 aromatic heterocycles. The first-order valence-electron chi connectivity index (χ1n) is 4.33. The van der Waals surface area contributed by atoms with Crippen molar-refractivity contribution < 1.29 is 0 Å². The molecule has 1 aromatic rings. The Morgan fingerprint density at radius 1 is 1.31 bits per heavy atom. The summed E-state index contributed by atoms with van der Waals surface area (Å²) in [5.41, 5.74) is 2.69. The van der Waals surface area contributed by atoms with E-state index in [2.05, 4.69) is 38.1 Å². The molecule has 71 valence electrons. The third kappa shape index (κ3) is 3.33. The zero-order valence-electron chi connectivity index (χ0n) is 7.85. The topological polar surface area (TPSA) is 0 Å². The molecule has 1 aromatic carbocycles. The molecule has 0 bridgehead atoms. The van der Waals surface area contributed by atoms with Crippen molar-refractivity contribution in [2.24, 2.45) is 0 Å². The quantitative estimate of drug-likeness (QED) is 0.544. The lowest BCUT2D eigenvalue weighted by Crippen LogP contribution is -2.02. The van der Waals surface area contributed by atoms with Gasteiger partial charge in [0.05, 0.1) is 0 Å². The van der Waals surface area contributed by atoms with Gasteiger partial charge in [-0.05, 0) is 30.0 Å². The first-order chi connectivity index (χ1) is 6.11. The SMILES string of the molecule is Cc1ccccc1C(C)C[Si](Cl)Cl. The third-order valence-electron chi connectivity index (χ3n) is 2.18. The summed E-state index contributed by atoms with van der Waals surface area (Å²) < 4.78 is 0. The Morgan fingerprint density at radius 2 is 1.92 bits per heavy atom. The molecule has 1 atom stereocenters. The monoisotopic (exact) mass is 231 g/mol. The fraction of sp³-hybridized carbons (Fsp3) is 0.400. The van der Waals surface area contributed by atoms with Gasteiger partial charge >= 0.3 is 0 Å². The normalized spacial score (nSPS) is 13.3. The fourth-order valence-electron chi connectivity index (χ4n) is 1.48. The Balaban J connectivity index is 2.76. The van der Waals surface area contributed by atoms with Gasteiger partial charge in [0.1, 0.15) is 0 Å². The van der Waals surface area contributed by atoms with E-state index in [9.17, 15) is 0 Å². The molecule has 0 saturated carbocycles. The van der Waals surface area contributed by atoms with Gasteiger partial charge in [-0.25, -0.2) is 0 Å². The van der Waals surface area contributed by atoms with Crippen LogP contribution in [0.2, 0.25) is 6.04 Å². The van der Waals surface area contributed by atoms with E-state index in [1.807, 2.05) is 0 Å². The highest BCUT2D eigenvalue weighted by atomic mass is 35.7. The molecule has 0 aliphatic heterocycles. The van der Waals surface area contributed by atoms with Crippen molar-refractivity contribution in [1.29, 1.82) is 0 Å². The second kappa shape index (κ2) is 5.04. The first kappa shape index (κ1) is 11.1. The molecule has 0 heterocycles. The lowest BCUT2D eigenvalue weighted by molar-refractivity contribution is 0.851. The molecule has 0 aliphatic carbocycles. The van der Waals surface area contributed by atoms with Crippen LogP contribution in [0, 0.1) is 6.92 Å². The van der Waals surface area contributed by atoms with Gasteiger partial charge in [0.25, 0.3) is 7.42 Å². The third-order valence-corrected chi connectivity index (χ3v) is 4.03. The minimum absolute atomic E-state index is 0.477. The van der Waals surface area contributed by atoms with E-state index in [0.29, 0.717) is 5.92 Å². The van der Waals surface area contributed by atoms with Crippen molar-refractivity contribution in [2.45, 2.75) is 25.8 Å². The molecule has 1 unspecified atom stereocenters. The Hall–Kier alpha value is 0.0169. The van der Waals surface area contributed by atoms with Crippen molar-refractivity contribution in [3.05, 3.63) is 35.4 Å². The molecule has 0 nitrogen and oxygen atoms in total. The minimum Gasteiger partial charge on any atom is -0.147 e. The lowest BCUT2D eigenvalue weighted by atomic mass is 9.98. The van der Waals surface area contributed by atoms with E-state index >= 15 is 0 Å². The Morgan fingerprint density at radius 3 is 2.46 bits per heavy atom. The molecule has 3 heteroatoms. The molecule has 0 aliphatic rings. The number of rotatable bonds is 3. The van der Waals surface area contributed by atoms with Gasteiger partial charge in [-0.15, -0.1) is 22.2 Å². The maximum atomic E-state index is 5.84. The van der Waals surface area contributed by atoms with Crippen LogP contribution in [-0.4, -0.2) is 7.42 Å². The van der Waals surface area contributed by atoms with Crippen molar-refractivity contribution in [3.8, 4) is 0 Å². The Labute approximate surface area is 90.9 Å². The molecular formula is C10H13Cl2Si. The van der Waals surface area contributed by atoms with Gasteiger partial charge in [-0.3, -0.25) is 0 Å². The van der Waals surface area contributed by atoms with E-state index in [1.165, 1.54) is 11.1 Å². The van der Waals surface area contributed by atoms with Crippen molar-refractivity contribution in [1.82, 2.24) is 0 Å². The Kier molecular flexibility index (Phi) is 4.30. The van der Waals surface area contributed by atoms with E-state index in [1.54, 1.807) is 0 Å². The molecule has 0 fully saturated rings. The highest BCUT2D eigenvalue weighted by molar-refractivity contribution is 7.33. The van der Waals surface area contributed by atoms with Crippen LogP contribution in [0.15, 0.2) is 24.3 Å². The molecule has 13 heavy (non-hydrogen) atoms. The van der Waals surface area contributed by atoms with Crippen LogP contribution >= 0.6 is 22.2 Å². The summed E-state index contributed by atoms with van der Waals surface area (Å²) in [4.78, 5) is 0. The molecular weight excluding hydrogens is 219 g/mol. The molecule has 0 amide bonds. The summed E-state index contributed by atoms with van der Waals surface area (Å²) in [5, 5.41) is 0. The zero-order valence-corrected chi connectivity index (χ0v) is 10.4. The molecule has 1 radical (unpaired) electrons. The van der Waals surface area contributed by atoms with E-state index < -0.39 is 7.42 Å². The predicted molar refractivity (Wildman–Crippen MR) is 61.9 cm³/mol. The summed E-state index contributed by atoms with van der Waals surface area (Å²) in [6, 6.07) is 9.31. The van der Waals surface area contributed by atoms with Gasteiger partial charge in [0.2, 0.25) is 0 Å². The van der Waals surface area contributed by atoms with Gasteiger partial charge in [-0.1, -0.05) is 31.2 Å². The van der Waals surface area contributed by atoms with Gasteiger partial charge in [0, 0.05) is 0 Å². The van der Waals surface area contributed by atoms with Crippen LogP contribution in [0.4, 0.5) is 0 Å². The van der Waals surface area contributed by atoms with Crippen LogP contribution < -0.4 is 0 Å². The van der Waals surface area contributed by atoms with Gasteiger partial charge in [0.15, 0.2) is 0 Å². The standard InChI is InChI=1S/C10H13Cl2Si/c1-8-5-3-4-6-10(8)9(2)7-13(11)12/h3-6,9H,7H2,1-2H3. The first-order valence-corrected chi connectivity index (χ1v) is 8.06. The summed E-state index contributed by atoms with van der Waals surface area (Å²) >= 11 is 11.7. The fourth-order valence-corrected chi connectivity index (χ4v) is 3.55. The number of aryl methyl sites for hydroxylation is 1. The lowest BCUT2D eigenvalue weighted by Gasteiger charge is -2.13. The second-order valence-electron chi connectivity index (χ2n) is 3.30. The van der Waals surface area contributed by atoms with Crippen molar-refractivity contribution in [2.75, 3.05) is 0 Å². The molecule has 0 spiro atoms. The maximum Gasteiger partial charge on any atom is 0.274 e. The molecule has 0 saturated heterocycles. The average Bonchev–Trinajstić information content (AvgIpc) is 2.03. The minimum atomic E-state index is -1.15. The van der Waals surface area contributed by atoms with Crippen molar-refractivity contribution in [3.63, 3.8) is 0 Å². The van der Waals surface area contributed by atoms with E-state index in [4.69, 9.17) is 22.2 Å². The largest absolute Gasteiger partial charge is 0.274 e. The second-order valence-corrected chi connectivity index (χ2v) is 7.70. The number of halogens is 2. The summed E-state index contributed by atoms with van der Waals surface area (Å²) in [7, 11) is -1.15. The predicted octanol–water partition coefficient (Wildman–Crippen LogP) is 4.06. The highest BCUT2D eigenvalue weighted by Crippen LogP contribution is 2.25. The van der Waals surface area contributed by atoms with Gasteiger partial charge in [-0.2, -0.15) is 0 Å².